The topological polar surface area (TPSA) is 34.5 Å². The van der Waals surface area contributed by atoms with Gasteiger partial charge in [-0.2, -0.15) is 0 Å². The SMILES string of the molecule is Cc1cccc(C(=O)N2CCC3(CC2)Oc2cc(Cl)ccc2-n2cccc23)c1. The van der Waals surface area contributed by atoms with Gasteiger partial charge >= 0.3 is 0 Å². The van der Waals surface area contributed by atoms with Gasteiger partial charge in [-0.05, 0) is 43.3 Å². The van der Waals surface area contributed by atoms with Crippen molar-refractivity contribution < 1.29 is 9.53 Å². The normalized spacial score (nSPS) is 17.0. The first-order chi connectivity index (χ1) is 13.6. The lowest BCUT2D eigenvalue weighted by molar-refractivity contribution is -0.00930. The molecule has 0 radical (unpaired) electrons. The second-order valence-corrected chi connectivity index (χ2v) is 8.07. The number of ether oxygens (including phenoxy) is 1. The molecule has 3 aromatic rings. The molecule has 3 heterocycles. The number of fused-ring (bicyclic) bond motifs is 4. The Hall–Kier alpha value is -2.72. The molecule has 0 bridgehead atoms. The van der Waals surface area contributed by atoms with E-state index in [9.17, 15) is 4.79 Å². The van der Waals surface area contributed by atoms with Crippen molar-refractivity contribution in [2.75, 3.05) is 13.1 Å². The van der Waals surface area contributed by atoms with Crippen LogP contribution in [0.2, 0.25) is 5.02 Å². The fourth-order valence-electron chi connectivity index (χ4n) is 4.38. The van der Waals surface area contributed by atoms with Crippen LogP contribution in [-0.4, -0.2) is 28.5 Å². The van der Waals surface area contributed by atoms with Gasteiger partial charge in [0.15, 0.2) is 5.60 Å². The van der Waals surface area contributed by atoms with Gasteiger partial charge in [0, 0.05) is 48.8 Å². The Morgan fingerprint density at radius 2 is 1.89 bits per heavy atom. The van der Waals surface area contributed by atoms with Crippen LogP contribution in [0, 0.1) is 6.92 Å². The van der Waals surface area contributed by atoms with Crippen molar-refractivity contribution in [2.24, 2.45) is 0 Å². The van der Waals surface area contributed by atoms with Gasteiger partial charge in [0.05, 0.1) is 11.4 Å². The van der Waals surface area contributed by atoms with Crippen LogP contribution in [0.5, 0.6) is 5.75 Å². The standard InChI is InChI=1S/C23H21ClN2O2/c1-16-4-2-5-17(14-16)22(27)25-12-9-23(10-13-25)21-6-3-11-26(21)19-8-7-18(24)15-20(19)28-23/h2-8,11,14-15H,9-10,12-13H2,1H3. The van der Waals surface area contributed by atoms with Gasteiger partial charge in [0.2, 0.25) is 0 Å². The van der Waals surface area contributed by atoms with Crippen LogP contribution in [-0.2, 0) is 5.60 Å². The highest BCUT2D eigenvalue weighted by Crippen LogP contribution is 2.45. The fourth-order valence-corrected chi connectivity index (χ4v) is 4.55. The van der Waals surface area contributed by atoms with Gasteiger partial charge in [-0.3, -0.25) is 4.79 Å². The van der Waals surface area contributed by atoms with E-state index in [1.165, 1.54) is 0 Å². The third-order valence-electron chi connectivity index (χ3n) is 5.83. The van der Waals surface area contributed by atoms with Gasteiger partial charge in [-0.1, -0.05) is 29.3 Å². The van der Waals surface area contributed by atoms with Crippen molar-refractivity contribution in [2.45, 2.75) is 25.4 Å². The third kappa shape index (κ3) is 2.71. The maximum atomic E-state index is 12.9. The Morgan fingerprint density at radius 1 is 1.07 bits per heavy atom. The second kappa shape index (κ2) is 6.42. The average molecular weight is 393 g/mol. The summed E-state index contributed by atoms with van der Waals surface area (Å²) >= 11 is 6.21. The van der Waals surface area contributed by atoms with E-state index in [2.05, 4.69) is 22.9 Å². The number of carbonyl (C=O) groups is 1. The smallest absolute Gasteiger partial charge is 0.253 e. The zero-order chi connectivity index (χ0) is 19.3. The number of likely N-dealkylation sites (tertiary alicyclic amines) is 1. The van der Waals surface area contributed by atoms with E-state index < -0.39 is 5.60 Å². The number of amides is 1. The molecule has 1 amide bonds. The summed E-state index contributed by atoms with van der Waals surface area (Å²) in [5, 5.41) is 0.663. The summed E-state index contributed by atoms with van der Waals surface area (Å²) in [5.74, 6) is 0.892. The lowest BCUT2D eigenvalue weighted by Gasteiger charge is -2.45. The number of carbonyl (C=O) groups excluding carboxylic acids is 1. The van der Waals surface area contributed by atoms with E-state index in [0.29, 0.717) is 18.1 Å². The minimum absolute atomic E-state index is 0.0909. The molecule has 0 saturated carbocycles. The Morgan fingerprint density at radius 3 is 2.68 bits per heavy atom. The number of rotatable bonds is 1. The molecule has 0 unspecified atom stereocenters. The van der Waals surface area contributed by atoms with Crippen molar-refractivity contribution in [1.29, 1.82) is 0 Å². The van der Waals surface area contributed by atoms with E-state index >= 15 is 0 Å². The number of piperidine rings is 1. The number of nitrogens with zero attached hydrogens (tertiary/aromatic N) is 2. The Labute approximate surface area is 169 Å². The quantitative estimate of drug-likeness (QED) is 0.586. The number of aromatic nitrogens is 1. The van der Waals surface area contributed by atoms with Crippen molar-refractivity contribution in [3.63, 3.8) is 0 Å². The maximum absolute atomic E-state index is 12.9. The van der Waals surface area contributed by atoms with Crippen LogP contribution in [0.3, 0.4) is 0 Å². The van der Waals surface area contributed by atoms with E-state index in [-0.39, 0.29) is 5.91 Å². The van der Waals surface area contributed by atoms with Crippen LogP contribution in [0.4, 0.5) is 0 Å². The van der Waals surface area contributed by atoms with Crippen molar-refractivity contribution >= 4 is 17.5 Å². The van der Waals surface area contributed by atoms with Crippen molar-refractivity contribution in [3.8, 4) is 11.4 Å². The molecule has 2 aliphatic heterocycles. The predicted molar refractivity (Wildman–Crippen MR) is 109 cm³/mol. The summed E-state index contributed by atoms with van der Waals surface area (Å²) in [4.78, 5) is 14.9. The van der Waals surface area contributed by atoms with Crippen LogP contribution in [0.15, 0.2) is 60.8 Å². The Balaban J connectivity index is 1.42. The number of aryl methyl sites for hydroxylation is 1. The van der Waals surface area contributed by atoms with Crippen molar-refractivity contribution in [1.82, 2.24) is 9.47 Å². The van der Waals surface area contributed by atoms with Gasteiger partial charge in [0.1, 0.15) is 5.75 Å². The molecule has 0 atom stereocenters. The third-order valence-corrected chi connectivity index (χ3v) is 6.06. The molecule has 2 aromatic carbocycles. The number of hydrogen-bond donors (Lipinski definition) is 0. The molecule has 0 N–H and O–H groups in total. The molecule has 0 aliphatic carbocycles. The summed E-state index contributed by atoms with van der Waals surface area (Å²) in [6, 6.07) is 17.7. The summed E-state index contributed by atoms with van der Waals surface area (Å²) in [6.07, 6.45) is 3.57. The van der Waals surface area contributed by atoms with E-state index in [1.54, 1.807) is 0 Å². The molecular formula is C23H21ClN2O2. The molecular weight excluding hydrogens is 372 g/mol. The van der Waals surface area contributed by atoms with Gasteiger partial charge in [-0.25, -0.2) is 0 Å². The lowest BCUT2D eigenvalue weighted by atomic mass is 9.86. The Kier molecular flexibility index (Phi) is 3.98. The zero-order valence-electron chi connectivity index (χ0n) is 15.7. The predicted octanol–water partition coefficient (Wildman–Crippen LogP) is 4.96. The van der Waals surface area contributed by atoms with Gasteiger partial charge in [-0.15, -0.1) is 0 Å². The molecule has 1 aromatic heterocycles. The lowest BCUT2D eigenvalue weighted by Crippen LogP contribution is -2.50. The zero-order valence-corrected chi connectivity index (χ0v) is 16.4. The van der Waals surface area contributed by atoms with Gasteiger partial charge < -0.3 is 14.2 Å². The van der Waals surface area contributed by atoms with Crippen molar-refractivity contribution in [3.05, 3.63) is 82.6 Å². The Bertz CT molecular complexity index is 1060. The largest absolute Gasteiger partial charge is 0.479 e. The summed E-state index contributed by atoms with van der Waals surface area (Å²) < 4.78 is 8.72. The van der Waals surface area contributed by atoms with Gasteiger partial charge in [0.25, 0.3) is 5.91 Å². The fraction of sp³-hybridized carbons (Fsp3) is 0.261. The molecule has 142 valence electrons. The summed E-state index contributed by atoms with van der Waals surface area (Å²) in [6.45, 7) is 3.33. The number of hydrogen-bond acceptors (Lipinski definition) is 2. The van der Waals surface area contributed by atoms with Crippen LogP contribution >= 0.6 is 11.6 Å². The van der Waals surface area contributed by atoms with E-state index in [4.69, 9.17) is 16.3 Å². The van der Waals surface area contributed by atoms with Crippen LogP contribution in [0.1, 0.15) is 34.5 Å². The first kappa shape index (κ1) is 17.4. The van der Waals surface area contributed by atoms with Crippen LogP contribution in [0.25, 0.3) is 5.69 Å². The molecule has 1 fully saturated rings. The molecule has 1 spiro atoms. The summed E-state index contributed by atoms with van der Waals surface area (Å²) in [5.41, 5.74) is 3.57. The molecule has 2 aliphatic rings. The highest BCUT2D eigenvalue weighted by molar-refractivity contribution is 6.30. The second-order valence-electron chi connectivity index (χ2n) is 7.63. The average Bonchev–Trinajstić information content (AvgIpc) is 3.19. The highest BCUT2D eigenvalue weighted by atomic mass is 35.5. The molecule has 5 heteroatoms. The molecule has 28 heavy (non-hydrogen) atoms. The molecule has 4 nitrogen and oxygen atoms in total. The van der Waals surface area contributed by atoms with E-state index in [0.717, 1.165) is 41.1 Å². The summed E-state index contributed by atoms with van der Waals surface area (Å²) in [7, 11) is 0. The highest BCUT2D eigenvalue weighted by Gasteiger charge is 2.44. The first-order valence-corrected chi connectivity index (χ1v) is 9.96. The maximum Gasteiger partial charge on any atom is 0.253 e. The molecule has 1 saturated heterocycles. The minimum Gasteiger partial charge on any atom is -0.479 e. The monoisotopic (exact) mass is 392 g/mol. The van der Waals surface area contributed by atoms with E-state index in [1.807, 2.05) is 54.3 Å². The van der Waals surface area contributed by atoms with Crippen LogP contribution < -0.4 is 4.74 Å². The number of halogens is 1. The molecule has 5 rings (SSSR count). The number of benzene rings is 2. The minimum atomic E-state index is -0.426. The first-order valence-electron chi connectivity index (χ1n) is 9.58.